The van der Waals surface area contributed by atoms with Crippen LogP contribution in [0.1, 0.15) is 23.5 Å². The molecule has 2 heterocycles. The highest BCUT2D eigenvalue weighted by molar-refractivity contribution is 7.98. The molecule has 0 saturated heterocycles. The normalized spacial score (nSPS) is 14.2. The molecule has 1 aliphatic heterocycles. The van der Waals surface area contributed by atoms with E-state index in [-0.39, 0.29) is 0 Å². The number of hydrogen-bond acceptors (Lipinski definition) is 5. The minimum atomic E-state index is 0.664. The van der Waals surface area contributed by atoms with Crippen LogP contribution in [0.25, 0.3) is 0 Å². The number of nitrogens with two attached hydrogens (primary N) is 1. The van der Waals surface area contributed by atoms with Crippen molar-refractivity contribution >= 4 is 17.6 Å². The van der Waals surface area contributed by atoms with Crippen LogP contribution in [0.4, 0.5) is 5.82 Å². The predicted octanol–water partition coefficient (Wildman–Crippen LogP) is 1.38. The van der Waals surface area contributed by atoms with Crippen molar-refractivity contribution in [2.75, 3.05) is 19.5 Å². The molecule has 0 bridgehead atoms. The molecule has 0 atom stereocenters. The number of thioether (sulfide) groups is 1. The predicted molar refractivity (Wildman–Crippen MR) is 61.6 cm³/mol. The van der Waals surface area contributed by atoms with Crippen LogP contribution in [0.5, 0.6) is 0 Å². The lowest BCUT2D eigenvalue weighted by atomic mass is 10.2. The third-order valence-electron chi connectivity index (χ3n) is 2.41. The molecule has 2 N–H and O–H groups in total. The van der Waals surface area contributed by atoms with Gasteiger partial charge in [0, 0.05) is 37.2 Å². The summed E-state index contributed by atoms with van der Waals surface area (Å²) in [5.41, 5.74) is 8.14. The highest BCUT2D eigenvalue weighted by Crippen LogP contribution is 2.31. The Labute approximate surface area is 93.6 Å². The first kappa shape index (κ1) is 10.7. The van der Waals surface area contributed by atoms with E-state index in [1.165, 1.54) is 0 Å². The fourth-order valence-corrected chi connectivity index (χ4v) is 2.67. The average Bonchev–Trinajstić information content (AvgIpc) is 2.66. The Balaban J connectivity index is 2.09. The molecule has 4 nitrogen and oxygen atoms in total. The van der Waals surface area contributed by atoms with Gasteiger partial charge in [0.15, 0.2) is 0 Å². The van der Waals surface area contributed by atoms with E-state index < -0.39 is 0 Å². The largest absolute Gasteiger partial charge is 0.385 e. The molecule has 0 saturated carbocycles. The van der Waals surface area contributed by atoms with Gasteiger partial charge >= 0.3 is 0 Å². The van der Waals surface area contributed by atoms with Gasteiger partial charge in [0.2, 0.25) is 0 Å². The number of rotatable bonds is 4. The average molecular weight is 225 g/mol. The Hall–Kier alpha value is -0.810. The van der Waals surface area contributed by atoms with Crippen LogP contribution in [-0.2, 0) is 22.7 Å². The molecule has 5 heteroatoms. The number of aromatic nitrogens is 2. The number of aryl methyl sites for hydroxylation is 1. The van der Waals surface area contributed by atoms with Crippen molar-refractivity contribution in [2.45, 2.75) is 24.3 Å². The molecule has 1 aromatic heterocycles. The van der Waals surface area contributed by atoms with Gasteiger partial charge in [-0.25, -0.2) is 9.97 Å². The number of nitrogen functional groups attached to an aromatic ring is 1. The quantitative estimate of drug-likeness (QED) is 0.784. The van der Waals surface area contributed by atoms with Gasteiger partial charge in [-0.05, 0) is 6.42 Å². The molecule has 82 valence electrons. The second-order valence-corrected chi connectivity index (χ2v) is 4.53. The number of ether oxygens (including phenoxy) is 1. The third-order valence-corrected chi connectivity index (χ3v) is 3.38. The van der Waals surface area contributed by atoms with E-state index in [0.717, 1.165) is 48.0 Å². The summed E-state index contributed by atoms with van der Waals surface area (Å²) in [6.07, 6.45) is 1.79. The standard InChI is InChI=1S/C10H15N3OS/c1-14-4-2-3-9-12-8-6-15-5-7(8)10(11)13-9/h2-6H2,1H3,(H2,11,12,13). The van der Waals surface area contributed by atoms with E-state index in [2.05, 4.69) is 9.97 Å². The highest BCUT2D eigenvalue weighted by Gasteiger charge is 2.17. The zero-order valence-corrected chi connectivity index (χ0v) is 9.64. The third kappa shape index (κ3) is 2.41. The monoisotopic (exact) mass is 225 g/mol. The molecule has 1 aliphatic rings. The van der Waals surface area contributed by atoms with Crippen LogP contribution in [-0.4, -0.2) is 23.7 Å². The van der Waals surface area contributed by atoms with Crippen molar-refractivity contribution < 1.29 is 4.74 Å². The second-order valence-electron chi connectivity index (χ2n) is 3.54. The van der Waals surface area contributed by atoms with Gasteiger partial charge in [-0.2, -0.15) is 11.8 Å². The zero-order valence-electron chi connectivity index (χ0n) is 8.82. The van der Waals surface area contributed by atoms with Crippen molar-refractivity contribution in [3.8, 4) is 0 Å². The molecule has 15 heavy (non-hydrogen) atoms. The number of hydrogen-bond donors (Lipinski definition) is 1. The van der Waals surface area contributed by atoms with Crippen LogP contribution in [0.2, 0.25) is 0 Å². The van der Waals surface area contributed by atoms with Crippen LogP contribution < -0.4 is 5.73 Å². The summed E-state index contributed by atoms with van der Waals surface area (Å²) in [6, 6.07) is 0. The first-order valence-electron chi connectivity index (χ1n) is 5.02. The molecular formula is C10H15N3OS. The zero-order chi connectivity index (χ0) is 10.7. The Morgan fingerprint density at radius 3 is 3.07 bits per heavy atom. The second kappa shape index (κ2) is 4.81. The van der Waals surface area contributed by atoms with Gasteiger partial charge < -0.3 is 10.5 Å². The maximum atomic E-state index is 5.88. The summed E-state index contributed by atoms with van der Waals surface area (Å²) in [5.74, 6) is 3.45. The highest BCUT2D eigenvalue weighted by atomic mass is 32.2. The van der Waals surface area contributed by atoms with Crippen molar-refractivity contribution in [1.82, 2.24) is 9.97 Å². The van der Waals surface area contributed by atoms with E-state index in [0.29, 0.717) is 5.82 Å². The number of anilines is 1. The Kier molecular flexibility index (Phi) is 3.43. The van der Waals surface area contributed by atoms with Gasteiger partial charge in [-0.3, -0.25) is 0 Å². The van der Waals surface area contributed by atoms with E-state index in [1.54, 1.807) is 7.11 Å². The van der Waals surface area contributed by atoms with Crippen LogP contribution in [0, 0.1) is 0 Å². The number of fused-ring (bicyclic) bond motifs is 1. The minimum absolute atomic E-state index is 0.664. The number of nitrogens with zero attached hydrogens (tertiary/aromatic N) is 2. The minimum Gasteiger partial charge on any atom is -0.385 e. The van der Waals surface area contributed by atoms with E-state index in [4.69, 9.17) is 10.5 Å². The first-order chi connectivity index (χ1) is 7.31. The van der Waals surface area contributed by atoms with Gasteiger partial charge in [0.05, 0.1) is 5.69 Å². The molecule has 0 radical (unpaired) electrons. The summed E-state index contributed by atoms with van der Waals surface area (Å²) in [5, 5.41) is 0. The summed E-state index contributed by atoms with van der Waals surface area (Å²) >= 11 is 1.85. The summed E-state index contributed by atoms with van der Waals surface area (Å²) in [4.78, 5) is 8.83. The molecule has 1 aromatic rings. The molecule has 0 unspecified atom stereocenters. The Morgan fingerprint density at radius 1 is 1.40 bits per heavy atom. The molecule has 0 fully saturated rings. The van der Waals surface area contributed by atoms with E-state index >= 15 is 0 Å². The van der Waals surface area contributed by atoms with Gasteiger partial charge in [-0.1, -0.05) is 0 Å². The Bertz CT molecular complexity index is 357. The van der Waals surface area contributed by atoms with Crippen LogP contribution in [0.3, 0.4) is 0 Å². The smallest absolute Gasteiger partial charge is 0.131 e. The van der Waals surface area contributed by atoms with Crippen LogP contribution in [0.15, 0.2) is 0 Å². The molecule has 0 amide bonds. The molecule has 0 aliphatic carbocycles. The van der Waals surface area contributed by atoms with Crippen LogP contribution >= 0.6 is 11.8 Å². The fourth-order valence-electron chi connectivity index (χ4n) is 1.62. The van der Waals surface area contributed by atoms with E-state index in [9.17, 15) is 0 Å². The molecule has 0 spiro atoms. The summed E-state index contributed by atoms with van der Waals surface area (Å²) in [7, 11) is 1.70. The maximum Gasteiger partial charge on any atom is 0.131 e. The Morgan fingerprint density at radius 2 is 2.27 bits per heavy atom. The summed E-state index contributed by atoms with van der Waals surface area (Å²) < 4.78 is 5.00. The van der Waals surface area contributed by atoms with Gasteiger partial charge in [0.25, 0.3) is 0 Å². The molecule has 0 aromatic carbocycles. The number of methoxy groups -OCH3 is 1. The van der Waals surface area contributed by atoms with Gasteiger partial charge in [-0.15, -0.1) is 0 Å². The molecule has 2 rings (SSSR count). The lowest BCUT2D eigenvalue weighted by molar-refractivity contribution is 0.194. The van der Waals surface area contributed by atoms with E-state index in [1.807, 2.05) is 11.8 Å². The van der Waals surface area contributed by atoms with Gasteiger partial charge in [0.1, 0.15) is 11.6 Å². The molecular weight excluding hydrogens is 210 g/mol. The topological polar surface area (TPSA) is 61.0 Å². The lowest BCUT2D eigenvalue weighted by Gasteiger charge is -2.05. The van der Waals surface area contributed by atoms with Crippen molar-refractivity contribution in [3.05, 3.63) is 17.1 Å². The van der Waals surface area contributed by atoms with Crippen molar-refractivity contribution in [2.24, 2.45) is 0 Å². The summed E-state index contributed by atoms with van der Waals surface area (Å²) in [6.45, 7) is 0.745. The van der Waals surface area contributed by atoms with Crippen molar-refractivity contribution in [1.29, 1.82) is 0 Å². The maximum absolute atomic E-state index is 5.88. The first-order valence-corrected chi connectivity index (χ1v) is 6.17. The lowest BCUT2D eigenvalue weighted by Crippen LogP contribution is -2.06. The van der Waals surface area contributed by atoms with Crippen molar-refractivity contribution in [3.63, 3.8) is 0 Å². The fraction of sp³-hybridized carbons (Fsp3) is 0.600. The SMILES string of the molecule is COCCCc1nc(N)c2c(n1)CSC2.